The van der Waals surface area contributed by atoms with Crippen LogP contribution in [0.15, 0.2) is 48.5 Å². The summed E-state index contributed by atoms with van der Waals surface area (Å²) in [5, 5.41) is 0. The molecule has 398 valence electrons. The molecule has 0 aromatic heterocycles. The molecular weight excluding hydrogens is 929 g/mol. The number of aldehydes is 1. The van der Waals surface area contributed by atoms with Crippen LogP contribution in [0, 0.1) is 23.7 Å². The van der Waals surface area contributed by atoms with Gasteiger partial charge in [0.2, 0.25) is 0 Å². The van der Waals surface area contributed by atoms with E-state index in [0.717, 1.165) is 19.6 Å². The molecule has 0 radical (unpaired) electrons. The predicted octanol–water partition coefficient (Wildman–Crippen LogP) is 5.49. The van der Waals surface area contributed by atoms with Gasteiger partial charge in [-0.3, -0.25) is 24.0 Å². The summed E-state index contributed by atoms with van der Waals surface area (Å²) >= 11 is 0. The summed E-state index contributed by atoms with van der Waals surface area (Å²) < 4.78 is 29.1. The minimum absolute atomic E-state index is 0.0642. The maximum absolute atomic E-state index is 14.7. The number of carbonyl (C=O) groups excluding carboxylic acids is 9. The summed E-state index contributed by atoms with van der Waals surface area (Å²) in [7, 11) is 6.95. The van der Waals surface area contributed by atoms with Crippen LogP contribution in [0.4, 0.5) is 0 Å². The Morgan fingerprint density at radius 3 is 1.01 bits per heavy atom. The lowest BCUT2D eigenvalue weighted by Gasteiger charge is -2.35. The molecule has 0 unspecified atom stereocenters. The van der Waals surface area contributed by atoms with Crippen molar-refractivity contribution in [2.24, 2.45) is 23.7 Å². The fourth-order valence-corrected chi connectivity index (χ4v) is 8.40. The highest BCUT2D eigenvalue weighted by atomic mass is 16.6. The number of carbonyl (C=O) groups is 9. The Kier molecular flexibility index (Phi) is 22.9. The number of ether oxygens (including phenoxy) is 5. The number of likely N-dealkylation sites (N-methyl/N-ethyl adjacent to an activating group) is 4. The summed E-state index contributed by atoms with van der Waals surface area (Å²) in [6, 6.07) is 7.84. The Balaban J connectivity index is 2.27. The molecule has 1 aliphatic rings. The lowest BCUT2D eigenvalue weighted by atomic mass is 9.99. The minimum atomic E-state index is -1.57. The normalized spacial score (nSPS) is 24.4. The zero-order valence-corrected chi connectivity index (χ0v) is 44.9. The molecule has 0 N–H and O–H groups in total. The molecule has 0 bridgehead atoms. The van der Waals surface area contributed by atoms with Gasteiger partial charge in [-0.15, -0.1) is 0 Å². The van der Waals surface area contributed by atoms with Gasteiger partial charge in [-0.1, -0.05) is 91.8 Å². The highest BCUT2D eigenvalue weighted by Crippen LogP contribution is 2.25. The van der Waals surface area contributed by atoms with E-state index in [1.54, 1.807) is 36.4 Å². The summed E-state index contributed by atoms with van der Waals surface area (Å²) in [4.78, 5) is 131. The predicted molar refractivity (Wildman–Crippen MR) is 267 cm³/mol. The molecular formula is C54H78N4O14. The van der Waals surface area contributed by atoms with Gasteiger partial charge in [0, 0.05) is 46.6 Å². The van der Waals surface area contributed by atoms with Gasteiger partial charge in [0.1, 0.15) is 36.2 Å². The minimum Gasteiger partial charge on any atom is -0.497 e. The topological polar surface area (TPSA) is 213 Å². The van der Waals surface area contributed by atoms with Crippen LogP contribution in [-0.4, -0.2) is 157 Å². The van der Waals surface area contributed by atoms with Crippen LogP contribution >= 0.6 is 0 Å². The van der Waals surface area contributed by atoms with Crippen LogP contribution in [-0.2, 0) is 70.1 Å². The number of hydrogen-bond donors (Lipinski definition) is 0. The second kappa shape index (κ2) is 27.5. The number of methoxy groups -OCH3 is 1. The van der Waals surface area contributed by atoms with E-state index in [9.17, 15) is 43.2 Å². The van der Waals surface area contributed by atoms with Crippen molar-refractivity contribution in [3.05, 3.63) is 65.2 Å². The molecule has 0 aliphatic carbocycles. The standard InChI is InChI=1S/C54H78N4O14/c1-31(2)24-41-51(64)69-36(10)48(61)56(12)44(27-34(7)8)54(67)72-46(29-38-20-22-40(68-15)23-21-38)50(63)58(14)42(25-32(3)4)52(65)70-35(9)47(60)55(11)43(26-33(5)6)53(66)71-45(49(62)57(41)13)28-37-16-18-39(30-59)19-17-37/h16-23,30-36,41-46H,24-29H2,1-15H3/t35-,36-,41+,42+,43+,44+,45-,46-/m1/s1. The first kappa shape index (κ1) is 60.0. The van der Waals surface area contributed by atoms with Crippen LogP contribution < -0.4 is 4.74 Å². The summed E-state index contributed by atoms with van der Waals surface area (Å²) in [5.41, 5.74) is 1.45. The van der Waals surface area contributed by atoms with E-state index < -0.39 is 96.1 Å². The van der Waals surface area contributed by atoms with E-state index in [-0.39, 0.29) is 62.2 Å². The molecule has 0 spiro atoms. The second-order valence-corrected chi connectivity index (χ2v) is 20.5. The van der Waals surface area contributed by atoms with Crippen LogP contribution in [0.5, 0.6) is 5.75 Å². The molecule has 0 saturated carbocycles. The molecule has 4 amide bonds. The molecule has 2 aromatic rings. The number of benzene rings is 2. The average Bonchev–Trinajstić information content (AvgIpc) is 3.33. The fraction of sp³-hybridized carbons (Fsp3) is 0.611. The van der Waals surface area contributed by atoms with E-state index >= 15 is 0 Å². The number of amides is 4. The lowest BCUT2D eigenvalue weighted by molar-refractivity contribution is -0.176. The third-order valence-corrected chi connectivity index (χ3v) is 12.6. The number of nitrogens with zero attached hydrogens (tertiary/aromatic N) is 4. The maximum Gasteiger partial charge on any atom is 0.329 e. The molecule has 3 rings (SSSR count). The quantitative estimate of drug-likeness (QED) is 0.130. The van der Waals surface area contributed by atoms with Crippen molar-refractivity contribution >= 4 is 53.8 Å². The molecule has 1 saturated heterocycles. The number of cyclic esters (lactones) is 4. The van der Waals surface area contributed by atoms with Gasteiger partial charge in [-0.25, -0.2) is 19.2 Å². The van der Waals surface area contributed by atoms with Crippen molar-refractivity contribution in [2.45, 2.75) is 156 Å². The highest BCUT2D eigenvalue weighted by molar-refractivity contribution is 5.94. The molecule has 8 atom stereocenters. The molecule has 18 nitrogen and oxygen atoms in total. The number of esters is 4. The van der Waals surface area contributed by atoms with Crippen LogP contribution in [0.1, 0.15) is 116 Å². The Morgan fingerprint density at radius 1 is 0.458 bits per heavy atom. The smallest absolute Gasteiger partial charge is 0.329 e. The number of hydrogen-bond acceptors (Lipinski definition) is 14. The third kappa shape index (κ3) is 16.9. The van der Waals surface area contributed by atoms with Gasteiger partial charge >= 0.3 is 23.9 Å². The van der Waals surface area contributed by atoms with Crippen LogP contribution in [0.2, 0.25) is 0 Å². The third-order valence-electron chi connectivity index (χ3n) is 12.6. The van der Waals surface area contributed by atoms with Gasteiger partial charge in [-0.2, -0.15) is 0 Å². The first-order valence-electron chi connectivity index (χ1n) is 24.8. The first-order chi connectivity index (χ1) is 33.7. The Labute approximate surface area is 425 Å². The average molecular weight is 1010 g/mol. The van der Waals surface area contributed by atoms with Gasteiger partial charge < -0.3 is 43.3 Å². The van der Waals surface area contributed by atoms with Gasteiger partial charge in [-0.05, 0) is 86.5 Å². The summed E-state index contributed by atoms with van der Waals surface area (Å²) in [6.07, 6.45) is -5.49. The Morgan fingerprint density at radius 2 is 0.736 bits per heavy atom. The zero-order valence-electron chi connectivity index (χ0n) is 44.9. The molecule has 1 fully saturated rings. The van der Waals surface area contributed by atoms with Crippen LogP contribution in [0.25, 0.3) is 0 Å². The molecule has 72 heavy (non-hydrogen) atoms. The molecule has 18 heteroatoms. The zero-order chi connectivity index (χ0) is 54.3. The Bertz CT molecular complexity index is 2180. The summed E-state index contributed by atoms with van der Waals surface area (Å²) in [6.45, 7) is 17.3. The summed E-state index contributed by atoms with van der Waals surface area (Å²) in [5.74, 6) is -7.10. The van der Waals surface area contributed by atoms with E-state index in [0.29, 0.717) is 28.7 Å². The van der Waals surface area contributed by atoms with E-state index in [2.05, 4.69) is 0 Å². The van der Waals surface area contributed by atoms with E-state index in [1.165, 1.54) is 61.3 Å². The van der Waals surface area contributed by atoms with Gasteiger partial charge in [0.25, 0.3) is 23.6 Å². The van der Waals surface area contributed by atoms with Crippen molar-refractivity contribution < 1.29 is 66.8 Å². The van der Waals surface area contributed by atoms with Crippen molar-refractivity contribution in [2.75, 3.05) is 35.3 Å². The monoisotopic (exact) mass is 1010 g/mol. The van der Waals surface area contributed by atoms with Crippen LogP contribution in [0.3, 0.4) is 0 Å². The Hall–Kier alpha value is -6.33. The molecule has 1 aliphatic heterocycles. The van der Waals surface area contributed by atoms with Crippen molar-refractivity contribution in [1.82, 2.24) is 19.6 Å². The van der Waals surface area contributed by atoms with Crippen molar-refractivity contribution in [3.8, 4) is 5.75 Å². The van der Waals surface area contributed by atoms with E-state index in [1.807, 2.05) is 55.4 Å². The number of rotatable bonds is 14. The largest absolute Gasteiger partial charge is 0.497 e. The van der Waals surface area contributed by atoms with E-state index in [4.69, 9.17) is 23.7 Å². The SMILES string of the molecule is COc1ccc(C[C@H]2OC(=O)[C@H](CC(C)C)N(C)C(=O)[C@@H](C)OC(=O)[C@H](CC(C)C)N(C)C(=O)[C@@H](Cc3ccc(C=O)cc3)OC(=O)[C@H](CC(C)C)N(C)C(=O)[C@@H](C)OC(=O)[C@H](CC(C)C)N(C)C2=O)cc1. The maximum atomic E-state index is 14.7. The molecule has 2 aromatic carbocycles. The van der Waals surface area contributed by atoms with Crippen molar-refractivity contribution in [3.63, 3.8) is 0 Å². The molecule has 1 heterocycles. The fourth-order valence-electron chi connectivity index (χ4n) is 8.40. The second-order valence-electron chi connectivity index (χ2n) is 20.5. The van der Waals surface area contributed by atoms with Gasteiger partial charge in [0.15, 0.2) is 24.4 Å². The van der Waals surface area contributed by atoms with Gasteiger partial charge in [0.05, 0.1) is 7.11 Å². The highest BCUT2D eigenvalue weighted by Gasteiger charge is 2.43. The first-order valence-corrected chi connectivity index (χ1v) is 24.8. The lowest BCUT2D eigenvalue weighted by Crippen LogP contribution is -2.55. The van der Waals surface area contributed by atoms with Crippen molar-refractivity contribution in [1.29, 1.82) is 0 Å².